The van der Waals surface area contributed by atoms with E-state index in [4.69, 9.17) is 15.2 Å². The third kappa shape index (κ3) is 4.14. The Bertz CT molecular complexity index is 399. The van der Waals surface area contributed by atoms with Gasteiger partial charge in [0, 0.05) is 22.4 Å². The first-order chi connectivity index (χ1) is 8.38. The highest BCUT2D eigenvalue weighted by atomic mass is 32.1. The zero-order valence-electron chi connectivity index (χ0n) is 9.78. The number of hydrogen-bond acceptors (Lipinski definition) is 4. The van der Waals surface area contributed by atoms with Gasteiger partial charge in [0.1, 0.15) is 0 Å². The smallest absolute Gasteiger partial charge is 0.0811 e. The first-order valence-electron chi connectivity index (χ1n) is 5.84. The van der Waals surface area contributed by atoms with Crippen LogP contribution in [0.4, 0.5) is 0 Å². The predicted octanol–water partition coefficient (Wildman–Crippen LogP) is 1.75. The number of ether oxygens (including phenoxy) is 2. The quantitative estimate of drug-likeness (QED) is 0.829. The van der Waals surface area contributed by atoms with Crippen LogP contribution in [0.1, 0.15) is 23.3 Å². The van der Waals surface area contributed by atoms with Crippen LogP contribution in [0.2, 0.25) is 0 Å². The second kappa shape index (κ2) is 6.77. The number of hydrogen-bond donors (Lipinski definition) is 1. The summed E-state index contributed by atoms with van der Waals surface area (Å²) in [6.45, 7) is 2.63. The van der Waals surface area contributed by atoms with Gasteiger partial charge in [0.2, 0.25) is 0 Å². The third-order valence-corrected chi connectivity index (χ3v) is 3.47. The summed E-state index contributed by atoms with van der Waals surface area (Å²) >= 11 is 1.67. The van der Waals surface area contributed by atoms with Gasteiger partial charge in [0.05, 0.1) is 25.9 Å². The second-order valence-electron chi connectivity index (χ2n) is 3.96. The molecule has 0 aliphatic carbocycles. The maximum atomic E-state index is 5.63. The van der Waals surface area contributed by atoms with Crippen LogP contribution in [0, 0.1) is 11.8 Å². The van der Waals surface area contributed by atoms with E-state index >= 15 is 0 Å². The fourth-order valence-corrected chi connectivity index (χ4v) is 2.49. The van der Waals surface area contributed by atoms with Crippen LogP contribution in [0.25, 0.3) is 0 Å². The highest BCUT2D eigenvalue weighted by molar-refractivity contribution is 7.10. The van der Waals surface area contributed by atoms with Gasteiger partial charge < -0.3 is 15.2 Å². The summed E-state index contributed by atoms with van der Waals surface area (Å²) in [5.74, 6) is 5.85. The zero-order chi connectivity index (χ0) is 11.9. The van der Waals surface area contributed by atoms with Gasteiger partial charge in [0.25, 0.3) is 0 Å². The Kier molecular flexibility index (Phi) is 5.02. The first kappa shape index (κ1) is 12.6. The van der Waals surface area contributed by atoms with Crippen LogP contribution >= 0.6 is 11.3 Å². The fraction of sp³-hybridized carbons (Fsp3) is 0.538. The number of rotatable bonds is 4. The van der Waals surface area contributed by atoms with Gasteiger partial charge >= 0.3 is 0 Å². The molecule has 2 rings (SSSR count). The van der Waals surface area contributed by atoms with E-state index in [-0.39, 0.29) is 0 Å². The molecule has 1 fully saturated rings. The molecule has 1 saturated heterocycles. The molecular weight excluding hydrogens is 234 g/mol. The Morgan fingerprint density at radius 3 is 3.29 bits per heavy atom. The van der Waals surface area contributed by atoms with Gasteiger partial charge in [-0.3, -0.25) is 0 Å². The molecule has 2 N–H and O–H groups in total. The van der Waals surface area contributed by atoms with Crippen molar-refractivity contribution in [1.29, 1.82) is 0 Å². The molecule has 92 valence electrons. The minimum Gasteiger partial charge on any atom is -0.376 e. The van der Waals surface area contributed by atoms with E-state index in [2.05, 4.69) is 17.9 Å². The van der Waals surface area contributed by atoms with Crippen LogP contribution in [0.3, 0.4) is 0 Å². The lowest BCUT2D eigenvalue weighted by Crippen LogP contribution is -2.13. The molecule has 0 saturated carbocycles. The molecule has 17 heavy (non-hydrogen) atoms. The predicted molar refractivity (Wildman–Crippen MR) is 68.9 cm³/mol. The zero-order valence-corrected chi connectivity index (χ0v) is 10.6. The molecule has 0 aromatic carbocycles. The van der Waals surface area contributed by atoms with Crippen molar-refractivity contribution in [1.82, 2.24) is 0 Å². The van der Waals surface area contributed by atoms with Gasteiger partial charge in [-0.25, -0.2) is 0 Å². The molecule has 1 aliphatic heterocycles. The Morgan fingerprint density at radius 2 is 2.53 bits per heavy atom. The van der Waals surface area contributed by atoms with Crippen LogP contribution in [0.15, 0.2) is 11.4 Å². The van der Waals surface area contributed by atoms with Crippen molar-refractivity contribution in [3.05, 3.63) is 21.9 Å². The Labute approximate surface area is 106 Å². The summed E-state index contributed by atoms with van der Waals surface area (Å²) in [5, 5.41) is 2.04. The lowest BCUT2D eigenvalue weighted by Gasteiger charge is -2.08. The summed E-state index contributed by atoms with van der Waals surface area (Å²) in [7, 11) is 0. The van der Waals surface area contributed by atoms with Crippen molar-refractivity contribution in [3.8, 4) is 11.8 Å². The average molecular weight is 251 g/mol. The monoisotopic (exact) mass is 251 g/mol. The summed E-state index contributed by atoms with van der Waals surface area (Å²) in [6.07, 6.45) is 2.58. The summed E-state index contributed by atoms with van der Waals surface area (Å²) in [4.78, 5) is 1.20. The highest BCUT2D eigenvalue weighted by Gasteiger charge is 2.15. The summed E-state index contributed by atoms with van der Waals surface area (Å²) < 4.78 is 11.1. The lowest BCUT2D eigenvalue weighted by atomic mass is 10.2. The molecule has 1 aromatic heterocycles. The Morgan fingerprint density at radius 1 is 1.59 bits per heavy atom. The van der Waals surface area contributed by atoms with Crippen molar-refractivity contribution < 1.29 is 9.47 Å². The van der Waals surface area contributed by atoms with Gasteiger partial charge in [0.15, 0.2) is 0 Å². The van der Waals surface area contributed by atoms with E-state index < -0.39 is 0 Å². The van der Waals surface area contributed by atoms with E-state index in [1.807, 2.05) is 5.38 Å². The standard InChI is InChI=1S/C13H17NO2S/c14-5-1-3-11-7-13(17-10-11)9-15-8-12-4-2-6-16-12/h7,10,12H,2,4-6,8-9,14H2. The normalized spacial score (nSPS) is 19.0. The SMILES string of the molecule is NCC#Cc1csc(COCC2CCCO2)c1. The summed E-state index contributed by atoms with van der Waals surface area (Å²) in [6, 6.07) is 2.06. The van der Waals surface area contributed by atoms with Gasteiger partial charge in [-0.05, 0) is 18.9 Å². The minimum absolute atomic E-state index is 0.298. The molecule has 4 heteroatoms. The number of thiophene rings is 1. The maximum Gasteiger partial charge on any atom is 0.0811 e. The molecule has 1 aromatic rings. The molecule has 1 aliphatic rings. The molecule has 0 radical (unpaired) electrons. The van der Waals surface area contributed by atoms with Crippen LogP contribution in [-0.2, 0) is 16.1 Å². The van der Waals surface area contributed by atoms with Gasteiger partial charge in [-0.2, -0.15) is 0 Å². The lowest BCUT2D eigenvalue weighted by molar-refractivity contribution is 0.0114. The van der Waals surface area contributed by atoms with E-state index in [9.17, 15) is 0 Å². The van der Waals surface area contributed by atoms with E-state index in [0.29, 0.717) is 25.9 Å². The van der Waals surface area contributed by atoms with Crippen molar-refractivity contribution in [2.24, 2.45) is 5.73 Å². The first-order valence-corrected chi connectivity index (χ1v) is 6.72. The van der Waals surface area contributed by atoms with Crippen LogP contribution in [-0.4, -0.2) is 25.9 Å². The molecule has 1 atom stereocenters. The van der Waals surface area contributed by atoms with Crippen LogP contribution in [0.5, 0.6) is 0 Å². The maximum absolute atomic E-state index is 5.63. The van der Waals surface area contributed by atoms with E-state index in [1.165, 1.54) is 4.88 Å². The molecule has 0 amide bonds. The molecule has 1 unspecified atom stereocenters. The second-order valence-corrected chi connectivity index (χ2v) is 4.95. The average Bonchev–Trinajstić information content (AvgIpc) is 2.98. The Hall–Kier alpha value is -0.860. The van der Waals surface area contributed by atoms with Crippen molar-refractivity contribution in [3.63, 3.8) is 0 Å². The van der Waals surface area contributed by atoms with Crippen LogP contribution < -0.4 is 5.73 Å². The van der Waals surface area contributed by atoms with E-state index in [1.54, 1.807) is 11.3 Å². The van der Waals surface area contributed by atoms with Gasteiger partial charge in [-0.15, -0.1) is 11.3 Å². The molecule has 2 heterocycles. The number of nitrogens with two attached hydrogens (primary N) is 1. The van der Waals surface area contributed by atoms with E-state index in [0.717, 1.165) is 25.0 Å². The molecular formula is C13H17NO2S. The molecule has 0 spiro atoms. The highest BCUT2D eigenvalue weighted by Crippen LogP contribution is 2.17. The van der Waals surface area contributed by atoms with Gasteiger partial charge in [-0.1, -0.05) is 11.8 Å². The minimum atomic E-state index is 0.298. The summed E-state index contributed by atoms with van der Waals surface area (Å²) in [5.41, 5.74) is 6.35. The molecule has 0 bridgehead atoms. The van der Waals surface area contributed by atoms with Crippen molar-refractivity contribution in [2.45, 2.75) is 25.6 Å². The third-order valence-electron chi connectivity index (χ3n) is 2.56. The molecule has 3 nitrogen and oxygen atoms in total. The Balaban J connectivity index is 1.73. The topological polar surface area (TPSA) is 44.5 Å². The van der Waals surface area contributed by atoms with Crippen molar-refractivity contribution >= 4 is 11.3 Å². The largest absolute Gasteiger partial charge is 0.376 e. The van der Waals surface area contributed by atoms with Crippen molar-refractivity contribution in [2.75, 3.05) is 19.8 Å². The fourth-order valence-electron chi connectivity index (χ4n) is 1.74.